The molecule has 0 aliphatic rings. The van der Waals surface area contributed by atoms with Crippen LogP contribution in [0.25, 0.3) is 0 Å². The molecule has 0 saturated heterocycles. The van der Waals surface area contributed by atoms with Gasteiger partial charge in [0.2, 0.25) is 0 Å². The lowest BCUT2D eigenvalue weighted by molar-refractivity contribution is 0.262. The van der Waals surface area contributed by atoms with Crippen molar-refractivity contribution in [3.05, 3.63) is 176 Å². The van der Waals surface area contributed by atoms with Crippen LogP contribution in [0, 0.1) is 71.0 Å². The number of hydrogen-bond donors (Lipinski definition) is 0. The highest BCUT2D eigenvalue weighted by molar-refractivity contribution is 5.79. The summed E-state index contributed by atoms with van der Waals surface area (Å²) in [5, 5.41) is 0. The van der Waals surface area contributed by atoms with Crippen molar-refractivity contribution in [1.82, 2.24) is 0 Å². The van der Waals surface area contributed by atoms with Crippen LogP contribution in [-0.4, -0.2) is 79.3 Å². The van der Waals surface area contributed by atoms with E-state index in [0.717, 1.165) is 154 Å². The lowest BCUT2D eigenvalue weighted by atomic mass is 9.86. The highest BCUT2D eigenvalue weighted by Crippen LogP contribution is 2.37. The first-order chi connectivity index (χ1) is 56.1. The van der Waals surface area contributed by atoms with E-state index < -0.39 is 0 Å². The third-order valence-electron chi connectivity index (χ3n) is 18.2. The van der Waals surface area contributed by atoms with Gasteiger partial charge in [0.15, 0.2) is 69.0 Å². The van der Waals surface area contributed by atoms with E-state index in [4.69, 9.17) is 56.8 Å². The summed E-state index contributed by atoms with van der Waals surface area (Å²) in [6.45, 7) is 32.1. The molecule has 0 amide bonds. The zero-order valence-corrected chi connectivity index (χ0v) is 70.7. The van der Waals surface area contributed by atoms with E-state index in [1.165, 1.54) is 0 Å². The van der Waals surface area contributed by atoms with Crippen molar-refractivity contribution in [2.45, 2.75) is 237 Å². The second-order valence-corrected chi connectivity index (χ2v) is 28.1. The molecule has 7 aromatic rings. The summed E-state index contributed by atoms with van der Waals surface area (Å²) < 4.78 is 77.9. The van der Waals surface area contributed by atoms with Crippen LogP contribution in [0.1, 0.15) is 304 Å². The molecular weight excluding hydrogens is 1420 g/mol. The molecule has 0 heterocycles. The van der Waals surface area contributed by atoms with Crippen LogP contribution < -0.4 is 56.8 Å². The molecule has 7 rings (SSSR count). The number of unbranched alkanes of at least 4 members (excludes halogenated alkanes) is 12. The minimum Gasteiger partial charge on any atom is -0.490 e. The number of benzene rings is 7. The molecule has 0 atom stereocenters. The minimum atomic E-state index is 0.454. The first-order valence-electron chi connectivity index (χ1n) is 42.8. The first kappa shape index (κ1) is 90.7. The number of ether oxygens (including phenoxy) is 12. The van der Waals surface area contributed by atoms with Gasteiger partial charge >= 0.3 is 0 Å². The van der Waals surface area contributed by atoms with Gasteiger partial charge in [-0.2, -0.15) is 0 Å². The van der Waals surface area contributed by atoms with Crippen LogP contribution in [0.2, 0.25) is 0 Å². The molecule has 12 nitrogen and oxygen atoms in total. The van der Waals surface area contributed by atoms with Gasteiger partial charge in [-0.3, -0.25) is 0 Å². The lowest BCUT2D eigenvalue weighted by Crippen LogP contribution is -2.06. The SMILES string of the molecule is CCCCOc1ccc(C#Cc2c(C#Cc3ccc(OCCCC)c(OCCCC)c3)c(C#Cc3ccc(OCCCC)c(OCCCC)c3)c(C#Cc3ccc(OCCCC)c(OCCCC)c3)c(C#Cc3ccc(OCCCC)c(OCCCC)c3)c2C#Cc2ccc(OCCCC)c(OCCCC)c2)cc1OCCCC. The molecule has 0 aliphatic carbocycles. The van der Waals surface area contributed by atoms with Crippen LogP contribution in [0.5, 0.6) is 69.0 Å². The Kier molecular flexibility index (Phi) is 43.2. The fourth-order valence-electron chi connectivity index (χ4n) is 11.1. The van der Waals surface area contributed by atoms with Gasteiger partial charge in [0.05, 0.1) is 113 Å². The highest BCUT2D eigenvalue weighted by atomic mass is 16.5. The molecule has 0 unspecified atom stereocenters. The molecule has 0 radical (unpaired) electrons. The largest absolute Gasteiger partial charge is 0.490 e. The van der Waals surface area contributed by atoms with Gasteiger partial charge in [-0.15, -0.1) is 0 Å². The Hall–Kier alpha value is -10.5. The summed E-state index contributed by atoms with van der Waals surface area (Å²) >= 11 is 0. The smallest absolute Gasteiger partial charge is 0.162 e. The third kappa shape index (κ3) is 31.1. The maximum absolute atomic E-state index is 6.56. The van der Waals surface area contributed by atoms with Crippen LogP contribution >= 0.6 is 0 Å². The van der Waals surface area contributed by atoms with E-state index in [1.54, 1.807) is 0 Å². The Morgan fingerprint density at radius 1 is 0.149 bits per heavy atom. The molecule has 0 aliphatic heterocycles. The third-order valence-corrected chi connectivity index (χ3v) is 18.2. The van der Waals surface area contributed by atoms with Crippen molar-refractivity contribution in [1.29, 1.82) is 0 Å². The van der Waals surface area contributed by atoms with Gasteiger partial charge in [0, 0.05) is 33.4 Å². The van der Waals surface area contributed by atoms with Gasteiger partial charge in [0.25, 0.3) is 0 Å². The van der Waals surface area contributed by atoms with Crippen molar-refractivity contribution in [3.8, 4) is 140 Å². The molecule has 0 fully saturated rings. The van der Waals surface area contributed by atoms with E-state index >= 15 is 0 Å². The normalized spacial score (nSPS) is 10.4. The van der Waals surface area contributed by atoms with Gasteiger partial charge in [-0.1, -0.05) is 231 Å². The van der Waals surface area contributed by atoms with Crippen LogP contribution in [0.15, 0.2) is 109 Å². The standard InChI is InChI=1S/C102H126O12/c1-13-25-61-103-91-55-43-79(73-97(91)109-67-31-19-7)37-49-85-86(50-38-80-44-56-92(104-62-26-14-2)98(74-80)110-68-32-20-8)88(52-40-82-46-58-94(106-64-28-16-4)100(76-82)112-70-34-22-10)90(54-42-84-48-60-96(108-66-30-18-6)102(78-84)114-72-36-24-12)89(53-41-83-47-59-95(107-65-29-17-5)101(77-83)113-71-35-23-11)87(85)51-39-81-45-57-93(105-63-27-15-3)99(75-81)111-69-33-21-9/h43-48,55-60,73-78H,13-36,61-72H2,1-12H3. The summed E-state index contributed by atoms with van der Waals surface area (Å²) in [6.07, 6.45) is 22.1. The van der Waals surface area contributed by atoms with E-state index in [2.05, 4.69) is 154 Å². The van der Waals surface area contributed by atoms with E-state index in [1.807, 2.05) is 109 Å². The number of rotatable bonds is 48. The van der Waals surface area contributed by atoms with Crippen LogP contribution in [-0.2, 0) is 0 Å². The van der Waals surface area contributed by atoms with E-state index in [9.17, 15) is 0 Å². The van der Waals surface area contributed by atoms with Gasteiger partial charge in [-0.25, -0.2) is 0 Å². The second-order valence-electron chi connectivity index (χ2n) is 28.1. The summed E-state index contributed by atoms with van der Waals surface area (Å²) in [5.74, 6) is 51.9. The Labute approximate surface area is 685 Å². The Morgan fingerprint density at radius 2 is 0.263 bits per heavy atom. The Bertz CT molecular complexity index is 3720. The van der Waals surface area contributed by atoms with Gasteiger partial charge in [-0.05, 0) is 186 Å². The Balaban J connectivity index is 1.78. The van der Waals surface area contributed by atoms with Crippen molar-refractivity contribution >= 4 is 0 Å². The average Bonchev–Trinajstić information content (AvgIpc) is 0.759. The molecule has 114 heavy (non-hydrogen) atoms. The monoisotopic (exact) mass is 1540 g/mol. The molecule has 0 saturated carbocycles. The van der Waals surface area contributed by atoms with Gasteiger partial charge < -0.3 is 56.8 Å². The predicted molar refractivity (Wildman–Crippen MR) is 466 cm³/mol. The van der Waals surface area contributed by atoms with Crippen molar-refractivity contribution in [3.63, 3.8) is 0 Å². The molecule has 12 heteroatoms. The molecule has 0 bridgehead atoms. The topological polar surface area (TPSA) is 111 Å². The highest BCUT2D eigenvalue weighted by Gasteiger charge is 2.23. The maximum atomic E-state index is 6.56. The number of hydrogen-bond acceptors (Lipinski definition) is 12. The fraction of sp³-hybridized carbons (Fsp3) is 0.471. The molecule has 0 N–H and O–H groups in total. The molecular formula is C102H126O12. The van der Waals surface area contributed by atoms with E-state index in [-0.39, 0.29) is 0 Å². The quantitative estimate of drug-likeness (QED) is 0.0267. The molecule has 7 aromatic carbocycles. The minimum absolute atomic E-state index is 0.454. The van der Waals surface area contributed by atoms with Crippen LogP contribution in [0.4, 0.5) is 0 Å². The van der Waals surface area contributed by atoms with Crippen molar-refractivity contribution in [2.75, 3.05) is 79.3 Å². The zero-order chi connectivity index (χ0) is 81.0. The van der Waals surface area contributed by atoms with E-state index in [0.29, 0.717) is 215 Å². The average molecular weight is 1540 g/mol. The zero-order valence-electron chi connectivity index (χ0n) is 70.7. The first-order valence-corrected chi connectivity index (χ1v) is 42.8. The maximum Gasteiger partial charge on any atom is 0.162 e. The molecule has 606 valence electrons. The summed E-state index contributed by atoms with van der Waals surface area (Å²) in [5.41, 5.74) is 6.72. The van der Waals surface area contributed by atoms with Gasteiger partial charge in [0.1, 0.15) is 0 Å². The van der Waals surface area contributed by atoms with Crippen molar-refractivity contribution in [2.24, 2.45) is 0 Å². The summed E-state index contributed by atoms with van der Waals surface area (Å²) in [7, 11) is 0. The second kappa shape index (κ2) is 54.3. The Morgan fingerprint density at radius 3 is 0.377 bits per heavy atom. The molecule has 0 spiro atoms. The lowest BCUT2D eigenvalue weighted by Gasteiger charge is -2.15. The van der Waals surface area contributed by atoms with Crippen LogP contribution in [0.3, 0.4) is 0 Å². The molecule has 0 aromatic heterocycles. The summed E-state index contributed by atoms with van der Waals surface area (Å²) in [6, 6.07) is 35.3. The van der Waals surface area contributed by atoms with Crippen molar-refractivity contribution < 1.29 is 56.8 Å². The fourth-order valence-corrected chi connectivity index (χ4v) is 11.1. The summed E-state index contributed by atoms with van der Waals surface area (Å²) in [4.78, 5) is 0. The predicted octanol–water partition coefficient (Wildman–Crippen LogP) is 24.2.